The van der Waals surface area contributed by atoms with Gasteiger partial charge in [-0.25, -0.2) is 0 Å². The molecular weight excluding hydrogens is 252 g/mol. The largest absolute Gasteiger partial charge is 0.0616 e. The van der Waals surface area contributed by atoms with E-state index in [-0.39, 0.29) is 0 Å². The average molecular weight is 266 g/mol. The Labute approximate surface area is 123 Å². The van der Waals surface area contributed by atoms with E-state index in [0.29, 0.717) is 0 Å². The molecule has 0 fully saturated rings. The zero-order chi connectivity index (χ0) is 14.0. The molecule has 0 heterocycles. The molecule has 0 aliphatic rings. The molecule has 0 N–H and O–H groups in total. The smallest absolute Gasteiger partial charge is 0.00177 e. The molecule has 5 rings (SSSR count). The molecule has 0 saturated heterocycles. The van der Waals surface area contributed by atoms with E-state index in [1.54, 1.807) is 0 Å². The Balaban J connectivity index is 2.34. The van der Waals surface area contributed by atoms with Crippen molar-refractivity contribution >= 4 is 43.1 Å². The van der Waals surface area contributed by atoms with Crippen LogP contribution in [0.3, 0.4) is 0 Å². The van der Waals surface area contributed by atoms with Crippen molar-refractivity contribution in [1.29, 1.82) is 0 Å². The predicted octanol–water partition coefficient (Wildman–Crippen LogP) is 6.05. The first-order valence-electron chi connectivity index (χ1n) is 7.39. The van der Waals surface area contributed by atoms with Gasteiger partial charge in [-0.3, -0.25) is 0 Å². The molecule has 0 heteroatoms. The summed E-state index contributed by atoms with van der Waals surface area (Å²) in [5.41, 5.74) is 1.36. The Kier molecular flexibility index (Phi) is 1.97. The molecule has 21 heavy (non-hydrogen) atoms. The number of aryl methyl sites for hydroxylation is 1. The third-order valence-corrected chi connectivity index (χ3v) is 4.72. The van der Waals surface area contributed by atoms with E-state index in [2.05, 4.69) is 73.7 Å². The van der Waals surface area contributed by atoms with Crippen LogP contribution in [0.5, 0.6) is 0 Å². The highest BCUT2D eigenvalue weighted by Crippen LogP contribution is 2.41. The molecule has 98 valence electrons. The van der Waals surface area contributed by atoms with E-state index in [1.807, 2.05) is 0 Å². The molecule has 0 spiro atoms. The number of rotatable bonds is 0. The van der Waals surface area contributed by atoms with Gasteiger partial charge >= 0.3 is 0 Å². The molecule has 0 aromatic heterocycles. The van der Waals surface area contributed by atoms with E-state index in [0.717, 1.165) is 0 Å². The van der Waals surface area contributed by atoms with E-state index in [4.69, 9.17) is 0 Å². The second-order valence-corrected chi connectivity index (χ2v) is 5.87. The molecule has 5 aromatic rings. The zero-order valence-electron chi connectivity index (χ0n) is 11.9. The minimum absolute atomic E-state index is 1.33. The fourth-order valence-corrected chi connectivity index (χ4v) is 3.81. The molecule has 0 nitrogen and oxygen atoms in total. The summed E-state index contributed by atoms with van der Waals surface area (Å²) in [6.07, 6.45) is 0. The van der Waals surface area contributed by atoms with Crippen LogP contribution in [-0.4, -0.2) is 0 Å². The van der Waals surface area contributed by atoms with Crippen molar-refractivity contribution in [2.24, 2.45) is 0 Å². The lowest BCUT2D eigenvalue weighted by Crippen LogP contribution is -1.88. The van der Waals surface area contributed by atoms with Gasteiger partial charge in [0.15, 0.2) is 0 Å². The van der Waals surface area contributed by atoms with Crippen LogP contribution in [0.25, 0.3) is 43.1 Å². The highest BCUT2D eigenvalue weighted by Gasteiger charge is 2.13. The van der Waals surface area contributed by atoms with E-state index in [9.17, 15) is 0 Å². The first kappa shape index (κ1) is 11.1. The Morgan fingerprint density at radius 3 is 1.95 bits per heavy atom. The third-order valence-electron chi connectivity index (χ3n) is 4.72. The Morgan fingerprint density at radius 1 is 0.476 bits per heavy atom. The first-order chi connectivity index (χ1) is 10.3. The maximum atomic E-state index is 2.26. The summed E-state index contributed by atoms with van der Waals surface area (Å²) < 4.78 is 0. The number of hydrogen-bond donors (Lipinski definition) is 0. The normalized spacial score (nSPS) is 12.0. The molecule has 0 amide bonds. The Hall–Kier alpha value is -2.60. The SMILES string of the molecule is Cc1ccc2ccc3cccc4c5ccccc5c1c2c34. The molecule has 0 radical (unpaired) electrons. The lowest BCUT2D eigenvalue weighted by Gasteiger charge is -2.16. The van der Waals surface area contributed by atoms with Crippen molar-refractivity contribution in [3.63, 3.8) is 0 Å². The highest BCUT2D eigenvalue weighted by molar-refractivity contribution is 6.34. The van der Waals surface area contributed by atoms with Crippen LogP contribution in [-0.2, 0) is 0 Å². The summed E-state index contributed by atoms with van der Waals surface area (Å²) in [5.74, 6) is 0. The molecular formula is C21H14. The summed E-state index contributed by atoms with van der Waals surface area (Å²) in [7, 11) is 0. The second-order valence-electron chi connectivity index (χ2n) is 5.87. The summed E-state index contributed by atoms with van der Waals surface area (Å²) >= 11 is 0. The summed E-state index contributed by atoms with van der Waals surface area (Å²) in [4.78, 5) is 0. The number of fused-ring (bicyclic) bond motifs is 3. The molecule has 0 aliphatic carbocycles. The van der Waals surface area contributed by atoms with Gasteiger partial charge in [0.25, 0.3) is 0 Å². The average Bonchev–Trinajstić information content (AvgIpc) is 2.54. The standard InChI is InChI=1S/C21H14/c1-13-9-10-15-12-11-14-5-4-8-18-16-6-2-3-7-17(16)19(13)21(15)20(14)18/h2-12H,1H3. The monoisotopic (exact) mass is 266 g/mol. The van der Waals surface area contributed by atoms with Crippen molar-refractivity contribution in [2.45, 2.75) is 6.92 Å². The lowest BCUT2D eigenvalue weighted by molar-refractivity contribution is 1.56. The van der Waals surface area contributed by atoms with Gasteiger partial charge in [0.05, 0.1) is 0 Å². The number of benzene rings is 5. The Morgan fingerprint density at radius 2 is 1.10 bits per heavy atom. The molecule has 0 bridgehead atoms. The van der Waals surface area contributed by atoms with Crippen molar-refractivity contribution in [2.75, 3.05) is 0 Å². The van der Waals surface area contributed by atoms with Crippen molar-refractivity contribution in [1.82, 2.24) is 0 Å². The maximum Gasteiger partial charge on any atom is -0.00177 e. The summed E-state index contributed by atoms with van der Waals surface area (Å²) in [6.45, 7) is 2.22. The van der Waals surface area contributed by atoms with Gasteiger partial charge in [0.1, 0.15) is 0 Å². The van der Waals surface area contributed by atoms with Gasteiger partial charge in [0, 0.05) is 0 Å². The van der Waals surface area contributed by atoms with E-state index < -0.39 is 0 Å². The van der Waals surface area contributed by atoms with Gasteiger partial charge in [0.2, 0.25) is 0 Å². The molecule has 0 saturated carbocycles. The number of hydrogen-bond acceptors (Lipinski definition) is 0. The van der Waals surface area contributed by atoms with Crippen LogP contribution in [0.15, 0.2) is 66.7 Å². The molecule has 0 atom stereocenters. The third kappa shape index (κ3) is 1.30. The summed E-state index contributed by atoms with van der Waals surface area (Å²) in [6, 6.07) is 24.4. The quantitative estimate of drug-likeness (QED) is 0.236. The van der Waals surface area contributed by atoms with Crippen LogP contribution in [0, 0.1) is 6.92 Å². The van der Waals surface area contributed by atoms with Crippen molar-refractivity contribution < 1.29 is 0 Å². The lowest BCUT2D eigenvalue weighted by atomic mass is 9.88. The van der Waals surface area contributed by atoms with Crippen LogP contribution in [0.4, 0.5) is 0 Å². The van der Waals surface area contributed by atoms with Gasteiger partial charge in [-0.2, -0.15) is 0 Å². The molecule has 5 aromatic carbocycles. The van der Waals surface area contributed by atoms with Crippen LogP contribution < -0.4 is 0 Å². The highest BCUT2D eigenvalue weighted by atomic mass is 14.2. The second kappa shape index (κ2) is 3.73. The van der Waals surface area contributed by atoms with Crippen LogP contribution in [0.2, 0.25) is 0 Å². The van der Waals surface area contributed by atoms with Gasteiger partial charge in [-0.05, 0) is 55.6 Å². The maximum absolute atomic E-state index is 2.26. The molecule has 0 aliphatic heterocycles. The zero-order valence-corrected chi connectivity index (χ0v) is 11.9. The van der Waals surface area contributed by atoms with Gasteiger partial charge in [-0.1, -0.05) is 66.7 Å². The van der Waals surface area contributed by atoms with Crippen LogP contribution in [0.1, 0.15) is 5.56 Å². The van der Waals surface area contributed by atoms with Crippen LogP contribution >= 0.6 is 0 Å². The van der Waals surface area contributed by atoms with Gasteiger partial charge < -0.3 is 0 Å². The topological polar surface area (TPSA) is 0 Å². The fraction of sp³-hybridized carbons (Fsp3) is 0.0476. The minimum Gasteiger partial charge on any atom is -0.0616 e. The summed E-state index contributed by atoms with van der Waals surface area (Å²) in [5, 5.41) is 11.0. The minimum atomic E-state index is 1.33. The first-order valence-corrected chi connectivity index (χ1v) is 7.39. The van der Waals surface area contributed by atoms with E-state index in [1.165, 1.54) is 48.7 Å². The fourth-order valence-electron chi connectivity index (χ4n) is 3.81. The Bertz CT molecular complexity index is 1130. The predicted molar refractivity (Wildman–Crippen MR) is 92.4 cm³/mol. The van der Waals surface area contributed by atoms with Gasteiger partial charge in [-0.15, -0.1) is 0 Å². The molecule has 0 unspecified atom stereocenters. The van der Waals surface area contributed by atoms with E-state index >= 15 is 0 Å². The van der Waals surface area contributed by atoms with Crippen molar-refractivity contribution in [3.8, 4) is 0 Å². The van der Waals surface area contributed by atoms with Crippen molar-refractivity contribution in [3.05, 3.63) is 72.3 Å².